The van der Waals surface area contributed by atoms with E-state index in [4.69, 9.17) is 4.74 Å². The maximum atomic E-state index is 12.1. The van der Waals surface area contributed by atoms with Gasteiger partial charge in [-0.3, -0.25) is 0 Å². The number of rotatable bonds is 5. The van der Waals surface area contributed by atoms with Crippen molar-refractivity contribution in [1.29, 1.82) is 0 Å². The van der Waals surface area contributed by atoms with Crippen LogP contribution in [-0.2, 0) is 4.74 Å². The van der Waals surface area contributed by atoms with Crippen LogP contribution in [0.25, 0.3) is 11.3 Å². The number of nitrogens with zero attached hydrogens (tertiary/aromatic N) is 2. The van der Waals surface area contributed by atoms with E-state index in [1.165, 1.54) is 6.20 Å². The molecular weight excluding hydrogens is 266 g/mol. The van der Waals surface area contributed by atoms with Crippen LogP contribution in [0.5, 0.6) is 0 Å². The quantitative estimate of drug-likeness (QED) is 0.855. The van der Waals surface area contributed by atoms with E-state index in [-0.39, 0.29) is 0 Å². The Balaban J connectivity index is 2.00. The third-order valence-corrected chi connectivity index (χ3v) is 3.24. The molecule has 108 valence electrons. The van der Waals surface area contributed by atoms with Gasteiger partial charge in [0.15, 0.2) is 0 Å². The van der Waals surface area contributed by atoms with E-state index in [0.29, 0.717) is 29.9 Å². The summed E-state index contributed by atoms with van der Waals surface area (Å²) in [6.07, 6.45) is 3.82. The largest absolute Gasteiger partial charge is 0.462 e. The summed E-state index contributed by atoms with van der Waals surface area (Å²) in [7, 11) is 0. The Bertz CT molecular complexity index is 639. The molecule has 0 amide bonds. The van der Waals surface area contributed by atoms with Crippen molar-refractivity contribution in [3.8, 4) is 11.3 Å². The molecule has 1 heterocycles. The van der Waals surface area contributed by atoms with Crippen molar-refractivity contribution >= 4 is 11.9 Å². The number of aromatic nitrogens is 2. The highest BCUT2D eigenvalue weighted by Crippen LogP contribution is 2.26. The summed E-state index contributed by atoms with van der Waals surface area (Å²) in [6, 6.07) is 10.1. The first-order valence-corrected chi connectivity index (χ1v) is 7.14. The summed E-state index contributed by atoms with van der Waals surface area (Å²) >= 11 is 0. The van der Waals surface area contributed by atoms with Gasteiger partial charge < -0.3 is 10.1 Å². The summed E-state index contributed by atoms with van der Waals surface area (Å²) in [5.41, 5.74) is 1.87. The van der Waals surface area contributed by atoms with Crippen molar-refractivity contribution in [3.05, 3.63) is 42.1 Å². The molecule has 0 bridgehead atoms. The van der Waals surface area contributed by atoms with E-state index in [1.54, 1.807) is 6.92 Å². The lowest BCUT2D eigenvalue weighted by atomic mass is 10.1. The van der Waals surface area contributed by atoms with Gasteiger partial charge in [-0.15, -0.1) is 0 Å². The first-order valence-electron chi connectivity index (χ1n) is 7.14. The number of nitrogens with one attached hydrogen (secondary N) is 1. The Hall–Kier alpha value is -2.43. The van der Waals surface area contributed by atoms with Crippen LogP contribution in [0.15, 0.2) is 36.5 Å². The molecule has 1 N–H and O–H groups in total. The van der Waals surface area contributed by atoms with E-state index in [1.807, 2.05) is 30.3 Å². The fourth-order valence-corrected chi connectivity index (χ4v) is 2.04. The zero-order valence-corrected chi connectivity index (χ0v) is 11.9. The molecule has 0 saturated heterocycles. The fourth-order valence-electron chi connectivity index (χ4n) is 2.04. The van der Waals surface area contributed by atoms with Gasteiger partial charge in [-0.05, 0) is 19.8 Å². The topological polar surface area (TPSA) is 64.1 Å². The molecular formula is C16H17N3O2. The van der Waals surface area contributed by atoms with Crippen molar-refractivity contribution in [2.24, 2.45) is 0 Å². The second kappa shape index (κ2) is 5.91. The smallest absolute Gasteiger partial charge is 0.341 e. The summed E-state index contributed by atoms with van der Waals surface area (Å²) in [6.45, 7) is 2.11. The zero-order valence-electron chi connectivity index (χ0n) is 11.9. The van der Waals surface area contributed by atoms with Crippen molar-refractivity contribution in [2.45, 2.75) is 25.8 Å². The monoisotopic (exact) mass is 283 g/mol. The minimum atomic E-state index is -0.394. The Labute approximate surface area is 123 Å². The molecule has 2 aromatic rings. The lowest BCUT2D eigenvalue weighted by Gasteiger charge is -2.10. The van der Waals surface area contributed by atoms with Gasteiger partial charge in [0, 0.05) is 17.8 Å². The maximum absolute atomic E-state index is 12.1. The molecule has 0 unspecified atom stereocenters. The molecule has 5 nitrogen and oxygen atoms in total. The molecule has 1 aromatic carbocycles. The molecule has 0 radical (unpaired) electrons. The van der Waals surface area contributed by atoms with Gasteiger partial charge in [-0.25, -0.2) is 14.8 Å². The van der Waals surface area contributed by atoms with Crippen molar-refractivity contribution < 1.29 is 9.53 Å². The number of carbonyl (C=O) groups excluding carboxylic acids is 1. The van der Waals surface area contributed by atoms with Crippen LogP contribution >= 0.6 is 0 Å². The molecule has 0 spiro atoms. The second-order valence-corrected chi connectivity index (χ2v) is 4.96. The number of esters is 1. The molecule has 5 heteroatoms. The fraction of sp³-hybridized carbons (Fsp3) is 0.312. The lowest BCUT2D eigenvalue weighted by molar-refractivity contribution is 0.0526. The highest BCUT2D eigenvalue weighted by molar-refractivity contribution is 5.96. The number of benzene rings is 1. The normalized spacial score (nSPS) is 13.8. The highest BCUT2D eigenvalue weighted by atomic mass is 16.5. The van der Waals surface area contributed by atoms with E-state index >= 15 is 0 Å². The Morgan fingerprint density at radius 2 is 2.10 bits per heavy atom. The standard InChI is InChI=1S/C16H17N3O2/c1-2-21-15(20)13-10-17-16(18-12-8-9-12)19-14(13)11-6-4-3-5-7-11/h3-7,10,12H,2,8-9H2,1H3,(H,17,18,19). The molecule has 1 saturated carbocycles. The molecule has 1 aliphatic rings. The molecule has 0 atom stereocenters. The number of anilines is 1. The predicted octanol–water partition coefficient (Wildman–Crippen LogP) is 2.89. The summed E-state index contributed by atoms with van der Waals surface area (Å²) in [4.78, 5) is 20.8. The van der Waals surface area contributed by atoms with Gasteiger partial charge in [0.05, 0.1) is 12.3 Å². The zero-order chi connectivity index (χ0) is 14.7. The summed E-state index contributed by atoms with van der Waals surface area (Å²) in [5, 5.41) is 3.25. The number of hydrogen-bond donors (Lipinski definition) is 1. The highest BCUT2D eigenvalue weighted by Gasteiger charge is 2.23. The Morgan fingerprint density at radius 1 is 1.33 bits per heavy atom. The van der Waals surface area contributed by atoms with Crippen molar-refractivity contribution in [2.75, 3.05) is 11.9 Å². The van der Waals surface area contributed by atoms with Gasteiger partial charge in [0.1, 0.15) is 5.56 Å². The minimum Gasteiger partial charge on any atom is -0.462 e. The van der Waals surface area contributed by atoms with Gasteiger partial charge in [-0.1, -0.05) is 30.3 Å². The number of carbonyl (C=O) groups is 1. The van der Waals surface area contributed by atoms with Crippen LogP contribution in [0.1, 0.15) is 30.1 Å². The lowest BCUT2D eigenvalue weighted by Crippen LogP contribution is -2.12. The van der Waals surface area contributed by atoms with Gasteiger partial charge in [0.2, 0.25) is 5.95 Å². The molecule has 3 rings (SSSR count). The maximum Gasteiger partial charge on any atom is 0.341 e. The average molecular weight is 283 g/mol. The van der Waals surface area contributed by atoms with Crippen LogP contribution < -0.4 is 5.32 Å². The first kappa shape index (κ1) is 13.5. The van der Waals surface area contributed by atoms with E-state index < -0.39 is 5.97 Å². The molecule has 1 aliphatic carbocycles. The third kappa shape index (κ3) is 3.18. The van der Waals surface area contributed by atoms with Crippen molar-refractivity contribution in [3.63, 3.8) is 0 Å². The molecule has 0 aliphatic heterocycles. The minimum absolute atomic E-state index is 0.329. The molecule has 1 aromatic heterocycles. The third-order valence-electron chi connectivity index (χ3n) is 3.24. The van der Waals surface area contributed by atoms with Crippen LogP contribution in [0, 0.1) is 0 Å². The predicted molar refractivity (Wildman–Crippen MR) is 80.1 cm³/mol. The van der Waals surface area contributed by atoms with E-state index in [9.17, 15) is 4.79 Å². The van der Waals surface area contributed by atoms with Crippen LogP contribution in [0.2, 0.25) is 0 Å². The van der Waals surface area contributed by atoms with Gasteiger partial charge >= 0.3 is 5.97 Å². The first-order chi connectivity index (χ1) is 10.3. The Morgan fingerprint density at radius 3 is 2.76 bits per heavy atom. The summed E-state index contributed by atoms with van der Waals surface area (Å²) < 4.78 is 5.08. The van der Waals surface area contributed by atoms with Crippen LogP contribution in [0.4, 0.5) is 5.95 Å². The number of hydrogen-bond acceptors (Lipinski definition) is 5. The van der Waals surface area contributed by atoms with Crippen molar-refractivity contribution in [1.82, 2.24) is 9.97 Å². The second-order valence-electron chi connectivity index (χ2n) is 4.96. The SMILES string of the molecule is CCOC(=O)c1cnc(NC2CC2)nc1-c1ccccc1. The van der Waals surface area contributed by atoms with Gasteiger partial charge in [-0.2, -0.15) is 0 Å². The van der Waals surface area contributed by atoms with E-state index in [2.05, 4.69) is 15.3 Å². The summed E-state index contributed by atoms with van der Waals surface area (Å²) in [5.74, 6) is 0.165. The van der Waals surface area contributed by atoms with E-state index in [0.717, 1.165) is 18.4 Å². The number of ether oxygens (including phenoxy) is 1. The van der Waals surface area contributed by atoms with Gasteiger partial charge in [0.25, 0.3) is 0 Å². The average Bonchev–Trinajstić information content (AvgIpc) is 3.32. The Kier molecular flexibility index (Phi) is 3.81. The molecule has 21 heavy (non-hydrogen) atoms. The molecule has 1 fully saturated rings. The van der Waals surface area contributed by atoms with Crippen LogP contribution in [-0.4, -0.2) is 28.6 Å². The van der Waals surface area contributed by atoms with Crippen LogP contribution in [0.3, 0.4) is 0 Å².